The number of nitrogens with zero attached hydrogens (tertiary/aromatic N) is 2. The summed E-state index contributed by atoms with van der Waals surface area (Å²) in [4.78, 5) is 26.4. The Labute approximate surface area is 169 Å². The van der Waals surface area contributed by atoms with Gasteiger partial charge in [-0.2, -0.15) is 5.10 Å². The van der Waals surface area contributed by atoms with Crippen molar-refractivity contribution in [2.75, 3.05) is 26.2 Å². The molecule has 0 aliphatic carbocycles. The highest BCUT2D eigenvalue weighted by molar-refractivity contribution is 6.34. The van der Waals surface area contributed by atoms with Crippen molar-refractivity contribution in [3.05, 3.63) is 52.3 Å². The largest absolute Gasteiger partial charge is 0.367 e. The number of H-pyrrole nitrogens is 1. The summed E-state index contributed by atoms with van der Waals surface area (Å²) in [5.74, 6) is -0.114. The number of ether oxygens (including phenoxy) is 1. The van der Waals surface area contributed by atoms with E-state index < -0.39 is 0 Å². The fourth-order valence-corrected chi connectivity index (χ4v) is 3.43. The number of hydrogen-bond donors (Lipinski definition) is 2. The predicted molar refractivity (Wildman–Crippen MR) is 106 cm³/mol. The number of aryl methyl sites for hydroxylation is 1. The number of hydrogen-bond acceptors (Lipinski definition) is 4. The van der Waals surface area contributed by atoms with Crippen LogP contribution in [0.4, 0.5) is 0 Å². The normalized spacial score (nSPS) is 16.8. The van der Waals surface area contributed by atoms with E-state index in [0.29, 0.717) is 37.0 Å². The van der Waals surface area contributed by atoms with Crippen LogP contribution in [0.5, 0.6) is 0 Å². The van der Waals surface area contributed by atoms with Gasteiger partial charge in [-0.3, -0.25) is 14.7 Å². The summed E-state index contributed by atoms with van der Waals surface area (Å²) in [6.07, 6.45) is 1.85. The molecule has 8 heteroatoms. The van der Waals surface area contributed by atoms with Crippen molar-refractivity contribution < 1.29 is 14.3 Å². The molecule has 150 valence electrons. The molecule has 1 fully saturated rings. The van der Waals surface area contributed by atoms with Gasteiger partial charge < -0.3 is 15.0 Å². The number of aromatic amines is 1. The predicted octanol–water partition coefficient (Wildman–Crippen LogP) is 2.56. The minimum atomic E-state index is -0.170. The Morgan fingerprint density at radius 3 is 2.86 bits per heavy atom. The van der Waals surface area contributed by atoms with Crippen LogP contribution < -0.4 is 5.32 Å². The topological polar surface area (TPSA) is 87.3 Å². The Balaban J connectivity index is 1.41. The summed E-state index contributed by atoms with van der Waals surface area (Å²) in [5.41, 5.74) is 1.98. The molecule has 1 aliphatic heterocycles. The molecule has 2 N–H and O–H groups in total. The third-order valence-electron chi connectivity index (χ3n) is 4.81. The van der Waals surface area contributed by atoms with E-state index >= 15 is 0 Å². The van der Waals surface area contributed by atoms with Gasteiger partial charge in [0.2, 0.25) is 5.91 Å². The van der Waals surface area contributed by atoms with Gasteiger partial charge in [0.05, 0.1) is 17.3 Å². The highest BCUT2D eigenvalue weighted by Gasteiger charge is 2.28. The third-order valence-corrected chi connectivity index (χ3v) is 5.28. The van der Waals surface area contributed by atoms with Gasteiger partial charge in [0.15, 0.2) is 5.69 Å². The molecule has 2 amide bonds. The average Bonchev–Trinajstić information content (AvgIpc) is 3.05. The maximum Gasteiger partial charge on any atom is 0.275 e. The SMILES string of the molecule is Cc1[nH]nc(C(=O)N2CCCC(CNC(=O)COCc3ccccc3)C2)c1Cl. The zero-order valence-electron chi connectivity index (χ0n) is 15.9. The quantitative estimate of drug-likeness (QED) is 0.742. The number of piperidine rings is 1. The lowest BCUT2D eigenvalue weighted by atomic mass is 9.97. The molecule has 1 atom stereocenters. The van der Waals surface area contributed by atoms with E-state index in [1.165, 1.54) is 0 Å². The lowest BCUT2D eigenvalue weighted by molar-refractivity contribution is -0.126. The van der Waals surface area contributed by atoms with E-state index in [1.54, 1.807) is 11.8 Å². The second-order valence-electron chi connectivity index (χ2n) is 7.05. The van der Waals surface area contributed by atoms with Crippen LogP contribution in [-0.4, -0.2) is 53.2 Å². The number of rotatable bonds is 7. The maximum atomic E-state index is 12.6. The number of halogens is 1. The smallest absolute Gasteiger partial charge is 0.275 e. The van der Waals surface area contributed by atoms with Gasteiger partial charge in [-0.05, 0) is 31.2 Å². The van der Waals surface area contributed by atoms with Gasteiger partial charge in [0.1, 0.15) is 6.61 Å². The molecular formula is C20H25ClN4O3. The van der Waals surface area contributed by atoms with E-state index in [9.17, 15) is 9.59 Å². The molecule has 1 saturated heterocycles. The molecule has 0 saturated carbocycles. The Kier molecular flexibility index (Phi) is 7.06. The molecule has 1 aliphatic rings. The lowest BCUT2D eigenvalue weighted by Crippen LogP contribution is -2.44. The summed E-state index contributed by atoms with van der Waals surface area (Å²) >= 11 is 6.14. The second-order valence-corrected chi connectivity index (χ2v) is 7.43. The standard InChI is InChI=1S/C20H25ClN4O3/c1-14-18(21)19(24-23-14)20(27)25-9-5-8-16(11-25)10-22-17(26)13-28-12-15-6-3-2-4-7-15/h2-4,6-7,16H,5,8-13H2,1H3,(H,22,26)(H,23,24). The van der Waals surface area contributed by atoms with E-state index in [1.807, 2.05) is 30.3 Å². The second kappa shape index (κ2) is 9.71. The Hall–Kier alpha value is -2.38. The lowest BCUT2D eigenvalue weighted by Gasteiger charge is -2.32. The van der Waals surface area contributed by atoms with E-state index in [4.69, 9.17) is 16.3 Å². The van der Waals surface area contributed by atoms with Crippen molar-refractivity contribution in [1.82, 2.24) is 20.4 Å². The highest BCUT2D eigenvalue weighted by Crippen LogP contribution is 2.22. The molecule has 3 rings (SSSR count). The molecule has 7 nitrogen and oxygen atoms in total. The molecule has 0 bridgehead atoms. The molecule has 1 aromatic heterocycles. The Morgan fingerprint density at radius 1 is 1.36 bits per heavy atom. The van der Waals surface area contributed by atoms with Crippen molar-refractivity contribution >= 4 is 23.4 Å². The van der Waals surface area contributed by atoms with Crippen LogP contribution in [0.1, 0.15) is 34.6 Å². The number of aromatic nitrogens is 2. The van der Waals surface area contributed by atoms with Crippen LogP contribution >= 0.6 is 11.6 Å². The van der Waals surface area contributed by atoms with Gasteiger partial charge in [0, 0.05) is 19.6 Å². The van der Waals surface area contributed by atoms with Crippen molar-refractivity contribution in [2.24, 2.45) is 5.92 Å². The molecule has 28 heavy (non-hydrogen) atoms. The zero-order valence-corrected chi connectivity index (χ0v) is 16.7. The number of carbonyl (C=O) groups excluding carboxylic acids is 2. The number of likely N-dealkylation sites (tertiary alicyclic amines) is 1. The first-order valence-corrected chi connectivity index (χ1v) is 9.80. The fourth-order valence-electron chi connectivity index (χ4n) is 3.27. The summed E-state index contributed by atoms with van der Waals surface area (Å²) in [7, 11) is 0. The summed E-state index contributed by atoms with van der Waals surface area (Å²) in [5, 5.41) is 10.0. The van der Waals surface area contributed by atoms with Crippen molar-refractivity contribution in [3.8, 4) is 0 Å². The first-order valence-electron chi connectivity index (χ1n) is 9.42. The first kappa shape index (κ1) is 20.4. The van der Waals surface area contributed by atoms with Crippen LogP contribution in [0.15, 0.2) is 30.3 Å². The van der Waals surface area contributed by atoms with Gasteiger partial charge in [-0.1, -0.05) is 41.9 Å². The van der Waals surface area contributed by atoms with E-state index in [2.05, 4.69) is 15.5 Å². The Bertz CT molecular complexity index is 809. The number of amides is 2. The highest BCUT2D eigenvalue weighted by atomic mass is 35.5. The van der Waals surface area contributed by atoms with Crippen molar-refractivity contribution in [1.29, 1.82) is 0 Å². The minimum Gasteiger partial charge on any atom is -0.367 e. The van der Waals surface area contributed by atoms with Crippen LogP contribution in [0.25, 0.3) is 0 Å². The molecular weight excluding hydrogens is 380 g/mol. The van der Waals surface area contributed by atoms with Gasteiger partial charge in [-0.25, -0.2) is 0 Å². The molecule has 0 spiro atoms. The van der Waals surface area contributed by atoms with Crippen molar-refractivity contribution in [2.45, 2.75) is 26.4 Å². The first-order chi connectivity index (χ1) is 13.5. The van der Waals surface area contributed by atoms with Crippen molar-refractivity contribution in [3.63, 3.8) is 0 Å². The number of benzene rings is 1. The summed E-state index contributed by atoms with van der Waals surface area (Å²) in [6, 6.07) is 9.73. The third kappa shape index (κ3) is 5.33. The fraction of sp³-hybridized carbons (Fsp3) is 0.450. The Morgan fingerprint density at radius 2 is 2.14 bits per heavy atom. The van der Waals surface area contributed by atoms with Crippen LogP contribution in [0.3, 0.4) is 0 Å². The van der Waals surface area contributed by atoms with Gasteiger partial charge in [-0.15, -0.1) is 0 Å². The molecule has 1 unspecified atom stereocenters. The molecule has 2 heterocycles. The summed E-state index contributed by atoms with van der Waals surface area (Å²) in [6.45, 7) is 3.97. The van der Waals surface area contributed by atoms with E-state index in [0.717, 1.165) is 18.4 Å². The van der Waals surface area contributed by atoms with Crippen LogP contribution in [0, 0.1) is 12.8 Å². The van der Waals surface area contributed by atoms with Gasteiger partial charge in [0.25, 0.3) is 5.91 Å². The number of carbonyl (C=O) groups is 2. The monoisotopic (exact) mass is 404 g/mol. The zero-order chi connectivity index (χ0) is 19.9. The minimum absolute atomic E-state index is 0.0203. The van der Waals surface area contributed by atoms with Gasteiger partial charge >= 0.3 is 0 Å². The number of nitrogens with one attached hydrogen (secondary N) is 2. The maximum absolute atomic E-state index is 12.6. The van der Waals surface area contributed by atoms with E-state index in [-0.39, 0.29) is 30.0 Å². The molecule has 2 aromatic rings. The summed E-state index contributed by atoms with van der Waals surface area (Å²) < 4.78 is 5.45. The van der Waals surface area contributed by atoms with Crippen LogP contribution in [-0.2, 0) is 16.1 Å². The average molecular weight is 405 g/mol. The van der Waals surface area contributed by atoms with Crippen LogP contribution in [0.2, 0.25) is 5.02 Å². The molecule has 1 aromatic carbocycles. The molecule has 0 radical (unpaired) electrons.